The largest absolute Gasteiger partial charge is 0.481 e. The number of aromatic nitrogens is 1. The number of pyridine rings is 1. The summed E-state index contributed by atoms with van der Waals surface area (Å²) in [6, 6.07) is 3.81. The molecule has 90 valence electrons. The molecule has 0 saturated heterocycles. The molecule has 4 heteroatoms. The van der Waals surface area contributed by atoms with Crippen molar-refractivity contribution in [3.63, 3.8) is 0 Å². The Labute approximate surface area is 102 Å². The number of alkyl halides is 1. The molecule has 0 amide bonds. The fourth-order valence-electron chi connectivity index (χ4n) is 1.55. The van der Waals surface area contributed by atoms with E-state index in [0.29, 0.717) is 11.8 Å². The highest BCUT2D eigenvalue weighted by atomic mass is 35.5. The average Bonchev–Trinajstić information content (AvgIpc) is 2.36. The van der Waals surface area contributed by atoms with Gasteiger partial charge in [-0.2, -0.15) is 0 Å². The maximum atomic E-state index is 6.04. The minimum atomic E-state index is -0.0477. The van der Waals surface area contributed by atoms with Crippen molar-refractivity contribution in [3.05, 3.63) is 18.3 Å². The molecule has 0 fully saturated rings. The van der Waals surface area contributed by atoms with Gasteiger partial charge < -0.3 is 10.1 Å². The van der Waals surface area contributed by atoms with Crippen molar-refractivity contribution in [1.82, 2.24) is 4.98 Å². The lowest BCUT2D eigenvalue weighted by Crippen LogP contribution is -2.38. The standard InChI is InChI=1S/C12H19ClN2O/c1-4-12(5-2,9-13)15-10-6-7-14-11(8-10)16-3/h6-8H,4-5,9H2,1-3H3,(H,14,15). The molecule has 0 aromatic carbocycles. The quantitative estimate of drug-likeness (QED) is 0.778. The first-order valence-electron chi connectivity index (χ1n) is 5.54. The number of hydrogen-bond acceptors (Lipinski definition) is 3. The van der Waals surface area contributed by atoms with Crippen LogP contribution >= 0.6 is 11.6 Å². The summed E-state index contributed by atoms with van der Waals surface area (Å²) in [6.45, 7) is 4.27. The van der Waals surface area contributed by atoms with Crippen LogP contribution in [0.4, 0.5) is 5.69 Å². The Morgan fingerprint density at radius 2 is 2.12 bits per heavy atom. The third-order valence-electron chi connectivity index (χ3n) is 2.96. The Morgan fingerprint density at radius 1 is 1.44 bits per heavy atom. The smallest absolute Gasteiger partial charge is 0.214 e. The molecule has 0 aliphatic carbocycles. The van der Waals surface area contributed by atoms with Crippen LogP contribution in [0.5, 0.6) is 5.88 Å². The van der Waals surface area contributed by atoms with Gasteiger partial charge in [0.2, 0.25) is 5.88 Å². The van der Waals surface area contributed by atoms with Gasteiger partial charge in [0.05, 0.1) is 12.6 Å². The third-order valence-corrected chi connectivity index (χ3v) is 3.47. The fourth-order valence-corrected chi connectivity index (χ4v) is 2.00. The molecule has 0 saturated carbocycles. The van der Waals surface area contributed by atoms with Crippen molar-refractivity contribution in [2.45, 2.75) is 32.2 Å². The summed E-state index contributed by atoms with van der Waals surface area (Å²) in [5.41, 5.74) is 0.949. The minimum absolute atomic E-state index is 0.0477. The van der Waals surface area contributed by atoms with Crippen LogP contribution < -0.4 is 10.1 Å². The summed E-state index contributed by atoms with van der Waals surface area (Å²) in [5, 5.41) is 3.46. The highest BCUT2D eigenvalue weighted by Gasteiger charge is 2.24. The normalized spacial score (nSPS) is 11.2. The first-order valence-corrected chi connectivity index (χ1v) is 6.07. The molecular formula is C12H19ClN2O. The second-order valence-corrected chi connectivity index (χ2v) is 4.10. The molecule has 1 aromatic heterocycles. The van der Waals surface area contributed by atoms with Gasteiger partial charge in [-0.15, -0.1) is 11.6 Å². The Balaban J connectivity index is 2.84. The number of methoxy groups -OCH3 is 1. The van der Waals surface area contributed by atoms with Gasteiger partial charge in [0.1, 0.15) is 0 Å². The summed E-state index contributed by atoms with van der Waals surface area (Å²) in [6.07, 6.45) is 3.70. The molecule has 1 aromatic rings. The predicted molar refractivity (Wildman–Crippen MR) is 68.4 cm³/mol. The molecule has 3 nitrogen and oxygen atoms in total. The van der Waals surface area contributed by atoms with Crippen LogP contribution in [0.15, 0.2) is 18.3 Å². The second kappa shape index (κ2) is 5.94. The highest BCUT2D eigenvalue weighted by Crippen LogP contribution is 2.25. The minimum Gasteiger partial charge on any atom is -0.481 e. The number of hydrogen-bond donors (Lipinski definition) is 1. The second-order valence-electron chi connectivity index (χ2n) is 3.83. The van der Waals surface area contributed by atoms with Crippen LogP contribution in [0.1, 0.15) is 26.7 Å². The van der Waals surface area contributed by atoms with Gasteiger partial charge in [0.25, 0.3) is 0 Å². The molecule has 0 aliphatic rings. The summed E-state index contributed by atoms with van der Waals surface area (Å²) < 4.78 is 5.09. The molecule has 1 rings (SSSR count). The number of halogens is 1. The van der Waals surface area contributed by atoms with Crippen LogP contribution in [-0.4, -0.2) is 23.5 Å². The van der Waals surface area contributed by atoms with Crippen LogP contribution in [-0.2, 0) is 0 Å². The Kier molecular flexibility index (Phi) is 4.87. The van der Waals surface area contributed by atoms with Gasteiger partial charge in [-0.3, -0.25) is 0 Å². The molecule has 0 atom stereocenters. The van der Waals surface area contributed by atoms with Gasteiger partial charge in [-0.25, -0.2) is 4.98 Å². The van der Waals surface area contributed by atoms with Crippen molar-refractivity contribution in [2.24, 2.45) is 0 Å². The number of rotatable bonds is 6. The number of anilines is 1. The summed E-state index contributed by atoms with van der Waals surface area (Å²) in [4.78, 5) is 4.07. The van der Waals surface area contributed by atoms with Crippen LogP contribution in [0.2, 0.25) is 0 Å². The fraction of sp³-hybridized carbons (Fsp3) is 0.583. The van der Waals surface area contributed by atoms with E-state index in [1.165, 1.54) is 0 Å². The zero-order chi connectivity index (χ0) is 12.0. The van der Waals surface area contributed by atoms with E-state index >= 15 is 0 Å². The lowest BCUT2D eigenvalue weighted by molar-refractivity contribution is 0.397. The van der Waals surface area contributed by atoms with Gasteiger partial charge in [0.15, 0.2) is 0 Å². The first kappa shape index (κ1) is 13.1. The van der Waals surface area contributed by atoms with E-state index in [0.717, 1.165) is 18.5 Å². The molecule has 1 heterocycles. The molecular weight excluding hydrogens is 224 g/mol. The molecule has 0 radical (unpaired) electrons. The third kappa shape index (κ3) is 3.01. The number of nitrogens with zero attached hydrogens (tertiary/aromatic N) is 1. The highest BCUT2D eigenvalue weighted by molar-refractivity contribution is 6.18. The monoisotopic (exact) mass is 242 g/mol. The Morgan fingerprint density at radius 3 is 2.62 bits per heavy atom. The van der Waals surface area contributed by atoms with Crippen molar-refractivity contribution in [3.8, 4) is 5.88 Å². The SMILES string of the molecule is CCC(CC)(CCl)Nc1ccnc(OC)c1. The zero-order valence-corrected chi connectivity index (χ0v) is 10.8. The van der Waals surface area contributed by atoms with Crippen LogP contribution in [0.3, 0.4) is 0 Å². The van der Waals surface area contributed by atoms with Crippen molar-refractivity contribution in [2.75, 3.05) is 18.3 Å². The molecule has 0 bridgehead atoms. The van der Waals surface area contributed by atoms with Gasteiger partial charge in [-0.05, 0) is 18.9 Å². The summed E-state index contributed by atoms with van der Waals surface area (Å²) in [7, 11) is 1.61. The van der Waals surface area contributed by atoms with E-state index in [9.17, 15) is 0 Å². The molecule has 1 N–H and O–H groups in total. The van der Waals surface area contributed by atoms with E-state index in [1.807, 2.05) is 12.1 Å². The molecule has 0 aliphatic heterocycles. The maximum Gasteiger partial charge on any atom is 0.214 e. The van der Waals surface area contributed by atoms with Gasteiger partial charge in [-0.1, -0.05) is 13.8 Å². The van der Waals surface area contributed by atoms with Gasteiger partial charge >= 0.3 is 0 Å². The van der Waals surface area contributed by atoms with E-state index in [2.05, 4.69) is 24.1 Å². The molecule has 0 spiro atoms. The Bertz CT molecular complexity index is 318. The lowest BCUT2D eigenvalue weighted by atomic mass is 9.95. The topological polar surface area (TPSA) is 34.2 Å². The van der Waals surface area contributed by atoms with E-state index in [-0.39, 0.29) is 5.54 Å². The van der Waals surface area contributed by atoms with Crippen LogP contribution in [0.25, 0.3) is 0 Å². The van der Waals surface area contributed by atoms with E-state index < -0.39 is 0 Å². The van der Waals surface area contributed by atoms with Crippen molar-refractivity contribution in [1.29, 1.82) is 0 Å². The Hall–Kier alpha value is -0.960. The average molecular weight is 243 g/mol. The molecule has 0 unspecified atom stereocenters. The van der Waals surface area contributed by atoms with E-state index in [1.54, 1.807) is 13.3 Å². The maximum absolute atomic E-state index is 6.04. The summed E-state index contributed by atoms with van der Waals surface area (Å²) >= 11 is 6.04. The van der Waals surface area contributed by atoms with Gasteiger partial charge in [0, 0.05) is 23.8 Å². The first-order chi connectivity index (χ1) is 7.69. The van der Waals surface area contributed by atoms with E-state index in [4.69, 9.17) is 16.3 Å². The molecule has 16 heavy (non-hydrogen) atoms. The number of nitrogens with one attached hydrogen (secondary N) is 1. The zero-order valence-electron chi connectivity index (χ0n) is 10.1. The summed E-state index contributed by atoms with van der Waals surface area (Å²) in [5.74, 6) is 1.20. The predicted octanol–water partition coefficient (Wildman–Crippen LogP) is 3.30. The lowest BCUT2D eigenvalue weighted by Gasteiger charge is -2.31. The van der Waals surface area contributed by atoms with Crippen LogP contribution in [0, 0.1) is 0 Å². The van der Waals surface area contributed by atoms with Crippen molar-refractivity contribution >= 4 is 17.3 Å². The number of ether oxygens (including phenoxy) is 1. The van der Waals surface area contributed by atoms with Crippen molar-refractivity contribution < 1.29 is 4.74 Å².